The van der Waals surface area contributed by atoms with Crippen LogP contribution >= 0.6 is 0 Å². The van der Waals surface area contributed by atoms with Gasteiger partial charge in [0, 0.05) is 0 Å². The number of rotatable bonds is 61. The molecule has 9 atom stereocenters. The molecule has 1 rings (SSSR count). The van der Waals surface area contributed by atoms with Crippen molar-refractivity contribution in [3.8, 4) is 0 Å². The van der Waals surface area contributed by atoms with E-state index in [9.17, 15) is 40.5 Å². The molecule has 1 saturated heterocycles. The summed E-state index contributed by atoms with van der Waals surface area (Å²) in [5.74, 6) is -0.698. The molecule has 8 N–H and O–H groups in total. The van der Waals surface area contributed by atoms with Gasteiger partial charge in [-0.05, 0) is 38.5 Å². The smallest absolute Gasteiger partial charge is 0.249 e. The fourth-order valence-corrected chi connectivity index (χ4v) is 11.5. The normalized spacial score (nSPS) is 19.3. The maximum absolute atomic E-state index is 13.2. The summed E-state index contributed by atoms with van der Waals surface area (Å²) in [5.41, 5.74) is 0. The summed E-state index contributed by atoms with van der Waals surface area (Å²) < 4.78 is 11.2. The van der Waals surface area contributed by atoms with Crippen molar-refractivity contribution in [3.05, 3.63) is 12.2 Å². The average molecular weight is 1120 g/mol. The zero-order valence-corrected chi connectivity index (χ0v) is 51.9. The van der Waals surface area contributed by atoms with Crippen LogP contribution < -0.4 is 5.32 Å². The summed E-state index contributed by atoms with van der Waals surface area (Å²) in [5, 5.41) is 76.4. The molecule has 0 aliphatic carbocycles. The van der Waals surface area contributed by atoms with E-state index in [2.05, 4.69) is 31.3 Å². The van der Waals surface area contributed by atoms with E-state index in [1.165, 1.54) is 270 Å². The molecule has 79 heavy (non-hydrogen) atoms. The van der Waals surface area contributed by atoms with Gasteiger partial charge in [-0.15, -0.1) is 0 Å². The molecule has 0 aromatic rings. The molecule has 1 aliphatic rings. The minimum Gasteiger partial charge on any atom is -0.394 e. The fourth-order valence-electron chi connectivity index (χ4n) is 11.5. The van der Waals surface area contributed by atoms with Crippen molar-refractivity contribution in [1.82, 2.24) is 5.32 Å². The summed E-state index contributed by atoms with van der Waals surface area (Å²) >= 11 is 0. The number of nitrogens with one attached hydrogen (secondary N) is 1. The van der Waals surface area contributed by atoms with Crippen molar-refractivity contribution in [2.45, 2.75) is 403 Å². The molecule has 1 heterocycles. The molecule has 1 fully saturated rings. The van der Waals surface area contributed by atoms with E-state index in [0.29, 0.717) is 12.8 Å². The zero-order chi connectivity index (χ0) is 57.5. The minimum absolute atomic E-state index is 0.260. The largest absolute Gasteiger partial charge is 0.394 e. The van der Waals surface area contributed by atoms with Crippen molar-refractivity contribution in [1.29, 1.82) is 0 Å². The number of aliphatic hydroxyl groups excluding tert-OH is 7. The van der Waals surface area contributed by atoms with Crippen LogP contribution in [-0.4, -0.2) is 110 Å². The monoisotopic (exact) mass is 1120 g/mol. The van der Waals surface area contributed by atoms with Crippen molar-refractivity contribution < 1.29 is 50.0 Å². The Hall–Kier alpha value is -1.15. The van der Waals surface area contributed by atoms with Crippen LogP contribution in [0.2, 0.25) is 0 Å². The topological polar surface area (TPSA) is 189 Å². The molecule has 11 heteroatoms. The highest BCUT2D eigenvalue weighted by Crippen LogP contribution is 2.24. The zero-order valence-electron chi connectivity index (χ0n) is 51.9. The number of hydrogen-bond donors (Lipinski definition) is 8. The molecule has 0 bridgehead atoms. The van der Waals surface area contributed by atoms with Crippen LogP contribution in [0, 0.1) is 0 Å². The molecule has 0 spiro atoms. The Morgan fingerprint density at radius 1 is 0.430 bits per heavy atom. The van der Waals surface area contributed by atoms with Crippen molar-refractivity contribution in [2.24, 2.45) is 0 Å². The van der Waals surface area contributed by atoms with Gasteiger partial charge in [0.2, 0.25) is 5.91 Å². The first kappa shape index (κ1) is 75.9. The molecule has 11 nitrogen and oxygen atoms in total. The number of amides is 1. The van der Waals surface area contributed by atoms with Crippen LogP contribution in [0.25, 0.3) is 0 Å². The number of ether oxygens (including phenoxy) is 2. The van der Waals surface area contributed by atoms with Gasteiger partial charge >= 0.3 is 0 Å². The molecule has 0 aromatic carbocycles. The predicted molar refractivity (Wildman–Crippen MR) is 330 cm³/mol. The van der Waals surface area contributed by atoms with Gasteiger partial charge in [0.15, 0.2) is 6.29 Å². The van der Waals surface area contributed by atoms with E-state index < -0.39 is 74.2 Å². The number of hydrogen-bond acceptors (Lipinski definition) is 10. The highest BCUT2D eigenvalue weighted by Gasteiger charge is 2.44. The third-order valence-electron chi connectivity index (χ3n) is 17.1. The lowest BCUT2D eigenvalue weighted by atomic mass is 9.98. The van der Waals surface area contributed by atoms with Gasteiger partial charge in [0.1, 0.15) is 36.6 Å². The van der Waals surface area contributed by atoms with E-state index in [0.717, 1.165) is 38.5 Å². The van der Waals surface area contributed by atoms with Crippen LogP contribution in [0.15, 0.2) is 12.2 Å². The Bertz CT molecular complexity index is 1290. The van der Waals surface area contributed by atoms with Gasteiger partial charge in [-0.2, -0.15) is 0 Å². The second-order valence-corrected chi connectivity index (χ2v) is 24.6. The molecule has 0 aromatic heterocycles. The molecule has 470 valence electrons. The SMILES string of the molecule is CCCCCCCCCCCCCCCCCCCC/C=C/CCCC(O)C(O)C(COC1OC(CO)C(O)C(O)C1O)NC(=O)C(O)CCCCCCCCCCCCCCCCCCCCCCCCCCCCCCC. The first-order valence-electron chi connectivity index (χ1n) is 34.6. The maximum Gasteiger partial charge on any atom is 0.249 e. The molecule has 0 saturated carbocycles. The number of allylic oxidation sites excluding steroid dienone is 2. The number of carbonyl (C=O) groups is 1. The van der Waals surface area contributed by atoms with Crippen LogP contribution in [0.3, 0.4) is 0 Å². The lowest BCUT2D eigenvalue weighted by Gasteiger charge is -2.40. The van der Waals surface area contributed by atoms with Crippen LogP contribution in [-0.2, 0) is 14.3 Å². The summed E-state index contributed by atoms with van der Waals surface area (Å²) in [4.78, 5) is 13.2. The highest BCUT2D eigenvalue weighted by atomic mass is 16.7. The number of aliphatic hydroxyl groups is 7. The summed E-state index contributed by atoms with van der Waals surface area (Å²) in [6.07, 6.45) is 58.7. The maximum atomic E-state index is 13.2. The Morgan fingerprint density at radius 3 is 1.09 bits per heavy atom. The van der Waals surface area contributed by atoms with Crippen molar-refractivity contribution in [3.63, 3.8) is 0 Å². The molecular formula is C68H133NO10. The first-order chi connectivity index (χ1) is 38.7. The van der Waals surface area contributed by atoms with Crippen molar-refractivity contribution in [2.75, 3.05) is 13.2 Å². The Kier molecular flexibility index (Phi) is 55.0. The summed E-state index contributed by atoms with van der Waals surface area (Å²) in [6, 6.07) is -1.18. The Morgan fingerprint density at radius 2 is 0.747 bits per heavy atom. The van der Waals surface area contributed by atoms with Gasteiger partial charge in [0.25, 0.3) is 0 Å². The van der Waals surface area contributed by atoms with Crippen LogP contribution in [0.1, 0.15) is 348 Å². The molecule has 1 aliphatic heterocycles. The van der Waals surface area contributed by atoms with Gasteiger partial charge in [-0.1, -0.05) is 321 Å². The summed E-state index contributed by atoms with van der Waals surface area (Å²) in [7, 11) is 0. The Labute approximate surface area is 487 Å². The van der Waals surface area contributed by atoms with Gasteiger partial charge < -0.3 is 50.5 Å². The molecule has 0 radical (unpaired) electrons. The van der Waals surface area contributed by atoms with Gasteiger partial charge in [-0.25, -0.2) is 0 Å². The third-order valence-corrected chi connectivity index (χ3v) is 17.1. The first-order valence-corrected chi connectivity index (χ1v) is 34.6. The quantitative estimate of drug-likeness (QED) is 0.0215. The van der Waals surface area contributed by atoms with E-state index in [1.54, 1.807) is 0 Å². The van der Waals surface area contributed by atoms with Gasteiger partial charge in [0.05, 0.1) is 25.4 Å². The fraction of sp³-hybridized carbons (Fsp3) is 0.956. The van der Waals surface area contributed by atoms with E-state index in [1.807, 2.05) is 0 Å². The lowest BCUT2D eigenvalue weighted by molar-refractivity contribution is -0.303. The molecule has 9 unspecified atom stereocenters. The van der Waals surface area contributed by atoms with Crippen LogP contribution in [0.5, 0.6) is 0 Å². The second kappa shape index (κ2) is 57.3. The van der Waals surface area contributed by atoms with Crippen molar-refractivity contribution >= 4 is 5.91 Å². The Balaban J connectivity index is 2.21. The third kappa shape index (κ3) is 45.0. The standard InChI is InChI=1S/C68H133NO10/c1-3-5-7-9-11-13-15-17-19-21-23-25-27-28-29-30-31-32-34-36-38-40-42-44-46-48-50-52-54-56-61(72)67(77)69-59(58-78-68-66(76)65(75)64(74)62(57-70)79-68)63(73)60(71)55-53-51-49-47-45-43-41-39-37-35-33-26-24-22-20-18-16-14-12-10-8-6-4-2/h47,49,59-66,68,70-76H,3-46,48,50-58H2,1-2H3,(H,69,77)/b49-47+. The van der Waals surface area contributed by atoms with E-state index in [-0.39, 0.29) is 12.8 Å². The van der Waals surface area contributed by atoms with E-state index in [4.69, 9.17) is 9.47 Å². The minimum atomic E-state index is -1.67. The van der Waals surface area contributed by atoms with E-state index >= 15 is 0 Å². The lowest BCUT2D eigenvalue weighted by Crippen LogP contribution is -2.60. The number of unbranched alkanes of at least 4 members (excludes halogenated alkanes) is 47. The average Bonchev–Trinajstić information content (AvgIpc) is 3.46. The summed E-state index contributed by atoms with van der Waals surface area (Å²) in [6.45, 7) is 3.51. The second-order valence-electron chi connectivity index (χ2n) is 24.6. The predicted octanol–water partition coefficient (Wildman–Crippen LogP) is 16.3. The molecular weight excluding hydrogens is 991 g/mol. The van der Waals surface area contributed by atoms with Gasteiger partial charge in [-0.3, -0.25) is 4.79 Å². The highest BCUT2D eigenvalue weighted by molar-refractivity contribution is 5.80. The van der Waals surface area contributed by atoms with Crippen LogP contribution in [0.4, 0.5) is 0 Å². The number of carbonyl (C=O) groups excluding carboxylic acids is 1. The molecule has 1 amide bonds.